The Morgan fingerprint density at radius 1 is 1.40 bits per heavy atom. The van der Waals surface area contributed by atoms with Crippen LogP contribution in [0.4, 0.5) is 11.9 Å². The van der Waals surface area contributed by atoms with Gasteiger partial charge in [-0.1, -0.05) is 0 Å². The Bertz CT molecular complexity index is 306. The number of anilines is 2. The quantitative estimate of drug-likeness (QED) is 0.694. The molecule has 3 N–H and O–H groups in total. The molecule has 0 bridgehead atoms. The number of nitrogens with two attached hydrogens (primary N) is 1. The summed E-state index contributed by atoms with van der Waals surface area (Å²) >= 11 is 0. The summed E-state index contributed by atoms with van der Waals surface area (Å²) in [5.41, 5.74) is 5.65. The van der Waals surface area contributed by atoms with Crippen molar-refractivity contribution in [2.24, 2.45) is 7.05 Å². The average molecular weight is 210 g/mol. The second-order valence-corrected chi connectivity index (χ2v) is 3.94. The molecule has 0 saturated carbocycles. The third-order valence-electron chi connectivity index (χ3n) is 2.97. The van der Waals surface area contributed by atoms with Crippen molar-refractivity contribution in [3.63, 3.8) is 0 Å². The van der Waals surface area contributed by atoms with E-state index in [9.17, 15) is 0 Å². The first-order chi connectivity index (χ1) is 7.20. The molecule has 0 spiro atoms. The predicted octanol–water partition coefficient (Wildman–Crippen LogP) is -0.414. The lowest BCUT2D eigenvalue weighted by molar-refractivity contribution is 0.438. The van der Waals surface area contributed by atoms with Crippen LogP contribution in [0, 0.1) is 0 Å². The summed E-state index contributed by atoms with van der Waals surface area (Å²) in [7, 11) is 3.82. The zero-order valence-electron chi connectivity index (χ0n) is 9.27. The zero-order chi connectivity index (χ0) is 10.8. The van der Waals surface area contributed by atoms with E-state index in [1.54, 1.807) is 4.68 Å². The van der Waals surface area contributed by atoms with Crippen LogP contribution in [0.15, 0.2) is 0 Å². The van der Waals surface area contributed by atoms with E-state index in [1.165, 1.54) is 0 Å². The Morgan fingerprint density at radius 3 is 2.53 bits per heavy atom. The molecule has 0 aromatic carbocycles. The molecule has 2 heterocycles. The van der Waals surface area contributed by atoms with Crippen molar-refractivity contribution >= 4 is 11.9 Å². The largest absolute Gasteiger partial charge is 0.368 e. The van der Waals surface area contributed by atoms with Gasteiger partial charge in [0.1, 0.15) is 0 Å². The summed E-state index contributed by atoms with van der Waals surface area (Å²) in [5.74, 6) is 1.23. The van der Waals surface area contributed by atoms with E-state index in [0.717, 1.165) is 31.9 Å². The lowest BCUT2D eigenvalue weighted by atomic mass is 10.1. The van der Waals surface area contributed by atoms with Crippen LogP contribution in [0.1, 0.15) is 12.8 Å². The van der Waals surface area contributed by atoms with Gasteiger partial charge in [0.15, 0.2) is 0 Å². The molecule has 1 saturated heterocycles. The summed E-state index contributed by atoms with van der Waals surface area (Å²) in [5, 5.41) is 7.57. The van der Waals surface area contributed by atoms with Crippen molar-refractivity contribution in [3.8, 4) is 0 Å². The van der Waals surface area contributed by atoms with Crippen LogP contribution in [0.25, 0.3) is 0 Å². The van der Waals surface area contributed by atoms with Crippen molar-refractivity contribution in [2.45, 2.75) is 18.9 Å². The Hall–Kier alpha value is -1.30. The summed E-state index contributed by atoms with van der Waals surface area (Å²) in [6.07, 6.45) is 2.27. The number of nitrogens with zero attached hydrogens (tertiary/aromatic N) is 4. The minimum atomic E-state index is 0.473. The van der Waals surface area contributed by atoms with Crippen molar-refractivity contribution in [2.75, 3.05) is 30.8 Å². The number of aromatic nitrogens is 3. The number of nitrogen functional groups attached to an aromatic ring is 1. The molecule has 15 heavy (non-hydrogen) atoms. The van der Waals surface area contributed by atoms with Gasteiger partial charge in [-0.3, -0.25) is 0 Å². The van der Waals surface area contributed by atoms with E-state index in [1.807, 2.05) is 14.1 Å². The van der Waals surface area contributed by atoms with Gasteiger partial charge in [0, 0.05) is 26.2 Å². The second kappa shape index (κ2) is 4.06. The number of rotatable bonds is 2. The minimum Gasteiger partial charge on any atom is -0.368 e. The Morgan fingerprint density at radius 2 is 2.07 bits per heavy atom. The van der Waals surface area contributed by atoms with Gasteiger partial charge in [-0.25, -0.2) is 4.68 Å². The summed E-state index contributed by atoms with van der Waals surface area (Å²) in [6.45, 7) is 1.99. The molecule has 1 aliphatic rings. The fraction of sp³-hybridized carbons (Fsp3) is 0.778. The first-order valence-electron chi connectivity index (χ1n) is 5.29. The topological polar surface area (TPSA) is 72.0 Å². The fourth-order valence-electron chi connectivity index (χ4n) is 1.88. The number of aryl methyl sites for hydroxylation is 1. The van der Waals surface area contributed by atoms with Gasteiger partial charge >= 0.3 is 0 Å². The highest BCUT2D eigenvalue weighted by Crippen LogP contribution is 2.16. The smallest absolute Gasteiger partial charge is 0.246 e. The van der Waals surface area contributed by atoms with Gasteiger partial charge < -0.3 is 16.0 Å². The molecule has 0 radical (unpaired) electrons. The number of piperidine rings is 1. The zero-order valence-corrected chi connectivity index (χ0v) is 9.27. The van der Waals surface area contributed by atoms with Gasteiger partial charge in [0.25, 0.3) is 0 Å². The summed E-state index contributed by atoms with van der Waals surface area (Å²) in [4.78, 5) is 6.40. The van der Waals surface area contributed by atoms with Crippen molar-refractivity contribution in [1.82, 2.24) is 20.1 Å². The molecular weight excluding hydrogens is 192 g/mol. The highest BCUT2D eigenvalue weighted by Gasteiger charge is 2.20. The van der Waals surface area contributed by atoms with E-state index in [4.69, 9.17) is 5.73 Å². The standard InChI is InChI=1S/C9H18N6/c1-11-7-3-5-15(6-4-7)9-12-8(10)14(2)13-9/h7,11H,3-6H2,1-2H3,(H2,10,12,13). The molecule has 0 atom stereocenters. The van der Waals surface area contributed by atoms with Crippen LogP contribution in [-0.4, -0.2) is 40.9 Å². The van der Waals surface area contributed by atoms with E-state index < -0.39 is 0 Å². The van der Waals surface area contributed by atoms with Crippen LogP contribution in [0.5, 0.6) is 0 Å². The lowest BCUT2D eigenvalue weighted by Crippen LogP contribution is -2.41. The minimum absolute atomic E-state index is 0.473. The molecule has 6 heteroatoms. The van der Waals surface area contributed by atoms with E-state index in [2.05, 4.69) is 20.3 Å². The van der Waals surface area contributed by atoms with E-state index >= 15 is 0 Å². The Kier molecular flexibility index (Phi) is 2.77. The van der Waals surface area contributed by atoms with Gasteiger partial charge in [-0.15, -0.1) is 5.10 Å². The molecule has 1 fully saturated rings. The van der Waals surface area contributed by atoms with Gasteiger partial charge in [-0.2, -0.15) is 4.98 Å². The molecule has 1 aromatic rings. The highest BCUT2D eigenvalue weighted by molar-refractivity contribution is 5.35. The van der Waals surface area contributed by atoms with Gasteiger partial charge in [0.2, 0.25) is 11.9 Å². The first-order valence-corrected chi connectivity index (χ1v) is 5.29. The number of nitrogens with one attached hydrogen (secondary N) is 1. The average Bonchev–Trinajstić information content (AvgIpc) is 2.59. The van der Waals surface area contributed by atoms with E-state index in [0.29, 0.717) is 12.0 Å². The highest BCUT2D eigenvalue weighted by atomic mass is 15.4. The lowest BCUT2D eigenvalue weighted by Gasteiger charge is -2.30. The molecule has 0 unspecified atom stereocenters. The third-order valence-corrected chi connectivity index (χ3v) is 2.97. The maximum Gasteiger partial charge on any atom is 0.246 e. The number of hydrogen-bond acceptors (Lipinski definition) is 5. The fourth-order valence-corrected chi connectivity index (χ4v) is 1.88. The normalized spacial score (nSPS) is 18.4. The van der Waals surface area contributed by atoms with Crippen LogP contribution in [0.3, 0.4) is 0 Å². The SMILES string of the molecule is CNC1CCN(c2nc(N)n(C)n2)CC1. The van der Waals surface area contributed by atoms with Crippen LogP contribution in [-0.2, 0) is 7.05 Å². The Labute approximate surface area is 89.5 Å². The van der Waals surface area contributed by atoms with Crippen LogP contribution >= 0.6 is 0 Å². The molecular formula is C9H18N6. The van der Waals surface area contributed by atoms with Gasteiger partial charge in [-0.05, 0) is 19.9 Å². The summed E-state index contributed by atoms with van der Waals surface area (Å²) in [6, 6.07) is 0.627. The predicted molar refractivity (Wildman–Crippen MR) is 59.7 cm³/mol. The maximum absolute atomic E-state index is 5.65. The van der Waals surface area contributed by atoms with Crippen molar-refractivity contribution < 1.29 is 0 Å². The van der Waals surface area contributed by atoms with Gasteiger partial charge in [0.05, 0.1) is 0 Å². The molecule has 0 amide bonds. The molecule has 84 valence electrons. The molecule has 1 aromatic heterocycles. The van der Waals surface area contributed by atoms with Crippen LogP contribution in [0.2, 0.25) is 0 Å². The first kappa shape index (κ1) is 10.2. The van der Waals surface area contributed by atoms with Crippen LogP contribution < -0.4 is 16.0 Å². The molecule has 1 aliphatic heterocycles. The van der Waals surface area contributed by atoms with Crippen molar-refractivity contribution in [1.29, 1.82) is 0 Å². The second-order valence-electron chi connectivity index (χ2n) is 3.94. The summed E-state index contributed by atoms with van der Waals surface area (Å²) < 4.78 is 1.61. The maximum atomic E-state index is 5.65. The third kappa shape index (κ3) is 2.04. The molecule has 0 aliphatic carbocycles. The molecule has 6 nitrogen and oxygen atoms in total. The van der Waals surface area contributed by atoms with Crippen molar-refractivity contribution in [3.05, 3.63) is 0 Å². The molecule has 2 rings (SSSR count). The Balaban J connectivity index is 2.01. The number of hydrogen-bond donors (Lipinski definition) is 2. The monoisotopic (exact) mass is 210 g/mol. The van der Waals surface area contributed by atoms with E-state index in [-0.39, 0.29) is 0 Å².